The summed E-state index contributed by atoms with van der Waals surface area (Å²) in [6, 6.07) is 14.1. The summed E-state index contributed by atoms with van der Waals surface area (Å²) >= 11 is 3.29. The average molecular weight is 390 g/mol. The number of carbonyl (C=O) groups is 2. The highest BCUT2D eigenvalue weighted by Gasteiger charge is 2.07. The Kier molecular flexibility index (Phi) is 6.51. The first-order valence-electron chi connectivity index (χ1n) is 7.08. The Bertz CT molecular complexity index is 745. The zero-order valence-electron chi connectivity index (χ0n) is 13.0. The van der Waals surface area contributed by atoms with Crippen molar-refractivity contribution in [3.63, 3.8) is 0 Å². The second-order valence-electron chi connectivity index (χ2n) is 4.76. The monoisotopic (exact) mass is 389 g/mol. The van der Waals surface area contributed by atoms with Gasteiger partial charge in [0.15, 0.2) is 0 Å². The van der Waals surface area contributed by atoms with Crippen LogP contribution in [-0.4, -0.2) is 31.7 Å². The number of nitrogens with one attached hydrogen (secondary N) is 2. The molecule has 0 bridgehead atoms. The number of nitrogens with zero attached hydrogens (tertiary/aromatic N) is 1. The van der Waals surface area contributed by atoms with Crippen molar-refractivity contribution in [2.75, 3.05) is 13.7 Å². The van der Waals surface area contributed by atoms with E-state index >= 15 is 0 Å². The maximum absolute atomic E-state index is 11.9. The van der Waals surface area contributed by atoms with E-state index in [1.807, 2.05) is 18.2 Å². The Balaban J connectivity index is 1.78. The third-order valence-corrected chi connectivity index (χ3v) is 3.51. The van der Waals surface area contributed by atoms with Gasteiger partial charge in [-0.25, -0.2) is 5.43 Å². The summed E-state index contributed by atoms with van der Waals surface area (Å²) in [4.78, 5) is 23.6. The molecule has 0 fully saturated rings. The second-order valence-corrected chi connectivity index (χ2v) is 5.68. The average Bonchev–Trinajstić information content (AvgIpc) is 2.60. The molecule has 0 aliphatic heterocycles. The summed E-state index contributed by atoms with van der Waals surface area (Å²) < 4.78 is 5.85. The largest absolute Gasteiger partial charge is 0.497 e. The van der Waals surface area contributed by atoms with Crippen LogP contribution in [0.2, 0.25) is 0 Å². The molecule has 7 heteroatoms. The van der Waals surface area contributed by atoms with Gasteiger partial charge in [-0.2, -0.15) is 5.10 Å². The molecular formula is C17H16BrN3O3. The number of carbonyl (C=O) groups excluding carboxylic acids is 2. The molecule has 2 rings (SSSR count). The van der Waals surface area contributed by atoms with Crippen molar-refractivity contribution < 1.29 is 14.3 Å². The van der Waals surface area contributed by atoms with Gasteiger partial charge >= 0.3 is 0 Å². The molecule has 0 saturated heterocycles. The van der Waals surface area contributed by atoms with E-state index in [-0.39, 0.29) is 12.5 Å². The van der Waals surface area contributed by atoms with Crippen LogP contribution in [0.3, 0.4) is 0 Å². The Morgan fingerprint density at radius 3 is 2.62 bits per heavy atom. The van der Waals surface area contributed by atoms with Gasteiger partial charge in [-0.05, 0) is 48.0 Å². The third-order valence-electron chi connectivity index (χ3n) is 3.01. The normalized spacial score (nSPS) is 10.4. The van der Waals surface area contributed by atoms with E-state index in [1.54, 1.807) is 37.4 Å². The third kappa shape index (κ3) is 5.51. The fourth-order valence-electron chi connectivity index (χ4n) is 1.80. The van der Waals surface area contributed by atoms with Crippen molar-refractivity contribution in [3.8, 4) is 5.75 Å². The van der Waals surface area contributed by atoms with Crippen LogP contribution in [0.1, 0.15) is 15.9 Å². The molecule has 0 spiro atoms. The molecule has 124 valence electrons. The van der Waals surface area contributed by atoms with Crippen molar-refractivity contribution in [2.24, 2.45) is 5.10 Å². The van der Waals surface area contributed by atoms with Gasteiger partial charge in [0.2, 0.25) is 0 Å². The van der Waals surface area contributed by atoms with Crippen molar-refractivity contribution in [3.05, 3.63) is 64.1 Å². The SMILES string of the molecule is COc1ccc(/C=N\NC(=O)CNC(=O)c2cccc(Br)c2)cc1. The number of methoxy groups -OCH3 is 1. The lowest BCUT2D eigenvalue weighted by Gasteiger charge is -2.04. The standard InChI is InChI=1S/C17H16BrN3O3/c1-24-15-7-5-12(6-8-15)10-20-21-16(22)11-19-17(23)13-3-2-4-14(18)9-13/h2-10H,11H2,1H3,(H,19,23)(H,21,22)/b20-10-. The first-order valence-corrected chi connectivity index (χ1v) is 7.87. The summed E-state index contributed by atoms with van der Waals surface area (Å²) in [5, 5.41) is 6.37. The van der Waals surface area contributed by atoms with Crippen LogP contribution in [-0.2, 0) is 4.79 Å². The topological polar surface area (TPSA) is 79.8 Å². The highest BCUT2D eigenvalue weighted by molar-refractivity contribution is 9.10. The second kappa shape index (κ2) is 8.83. The minimum absolute atomic E-state index is 0.161. The van der Waals surface area contributed by atoms with Gasteiger partial charge in [0.1, 0.15) is 5.75 Å². The van der Waals surface area contributed by atoms with Crippen LogP contribution in [0, 0.1) is 0 Å². The highest BCUT2D eigenvalue weighted by Crippen LogP contribution is 2.11. The Morgan fingerprint density at radius 1 is 1.21 bits per heavy atom. The number of ether oxygens (including phenoxy) is 1. The quantitative estimate of drug-likeness (QED) is 0.587. The maximum Gasteiger partial charge on any atom is 0.259 e. The smallest absolute Gasteiger partial charge is 0.259 e. The lowest BCUT2D eigenvalue weighted by molar-refractivity contribution is -0.120. The number of rotatable bonds is 6. The molecule has 0 radical (unpaired) electrons. The number of hydrogen-bond acceptors (Lipinski definition) is 4. The lowest BCUT2D eigenvalue weighted by Crippen LogP contribution is -2.34. The number of benzene rings is 2. The molecule has 2 aromatic rings. The summed E-state index contributed by atoms with van der Waals surface area (Å²) in [5.41, 5.74) is 3.64. The van der Waals surface area contributed by atoms with E-state index in [9.17, 15) is 9.59 Å². The molecular weight excluding hydrogens is 374 g/mol. The van der Waals surface area contributed by atoms with E-state index in [0.29, 0.717) is 5.56 Å². The van der Waals surface area contributed by atoms with E-state index in [1.165, 1.54) is 6.21 Å². The van der Waals surface area contributed by atoms with Gasteiger partial charge in [-0.15, -0.1) is 0 Å². The van der Waals surface area contributed by atoms with Crippen LogP contribution in [0.4, 0.5) is 0 Å². The van der Waals surface area contributed by atoms with Gasteiger partial charge in [-0.1, -0.05) is 22.0 Å². The van der Waals surface area contributed by atoms with Crippen molar-refractivity contribution in [2.45, 2.75) is 0 Å². The van der Waals surface area contributed by atoms with Crippen LogP contribution in [0.15, 0.2) is 58.1 Å². The number of hydrogen-bond donors (Lipinski definition) is 2. The maximum atomic E-state index is 11.9. The molecule has 2 aromatic carbocycles. The van der Waals surface area contributed by atoms with Gasteiger partial charge in [0.05, 0.1) is 19.9 Å². The molecule has 0 unspecified atom stereocenters. The van der Waals surface area contributed by atoms with Crippen LogP contribution >= 0.6 is 15.9 Å². The molecule has 0 aliphatic rings. The van der Waals surface area contributed by atoms with Crippen molar-refractivity contribution in [1.29, 1.82) is 0 Å². The zero-order chi connectivity index (χ0) is 17.4. The predicted octanol–water partition coefficient (Wildman–Crippen LogP) is 2.34. The van der Waals surface area contributed by atoms with Gasteiger partial charge < -0.3 is 10.1 Å². The lowest BCUT2D eigenvalue weighted by atomic mass is 10.2. The molecule has 2 amide bonds. The van der Waals surface area contributed by atoms with Crippen LogP contribution < -0.4 is 15.5 Å². The van der Waals surface area contributed by atoms with Crippen molar-refractivity contribution >= 4 is 34.0 Å². The summed E-state index contributed by atoms with van der Waals surface area (Å²) in [5.74, 6) is 0.000129. The summed E-state index contributed by atoms with van der Waals surface area (Å²) in [6.45, 7) is -0.161. The first-order chi connectivity index (χ1) is 11.6. The number of halogens is 1. The molecule has 2 N–H and O–H groups in total. The zero-order valence-corrected chi connectivity index (χ0v) is 14.5. The molecule has 24 heavy (non-hydrogen) atoms. The fraction of sp³-hybridized carbons (Fsp3) is 0.118. The number of amides is 2. The molecule has 0 aromatic heterocycles. The van der Waals surface area contributed by atoms with E-state index in [4.69, 9.17) is 4.74 Å². The fourth-order valence-corrected chi connectivity index (χ4v) is 2.20. The Labute approximate surface area is 148 Å². The minimum atomic E-state index is -0.414. The highest BCUT2D eigenvalue weighted by atomic mass is 79.9. The molecule has 0 atom stereocenters. The first kappa shape index (κ1) is 17.7. The van der Waals surface area contributed by atoms with E-state index in [0.717, 1.165) is 15.8 Å². The van der Waals surface area contributed by atoms with Gasteiger partial charge in [0, 0.05) is 10.0 Å². The Hall–Kier alpha value is -2.67. The van der Waals surface area contributed by atoms with E-state index < -0.39 is 5.91 Å². The molecule has 0 saturated carbocycles. The van der Waals surface area contributed by atoms with Gasteiger partial charge in [0.25, 0.3) is 11.8 Å². The van der Waals surface area contributed by atoms with Crippen molar-refractivity contribution in [1.82, 2.24) is 10.7 Å². The Morgan fingerprint density at radius 2 is 1.96 bits per heavy atom. The van der Waals surface area contributed by atoms with Gasteiger partial charge in [-0.3, -0.25) is 9.59 Å². The van der Waals surface area contributed by atoms with E-state index in [2.05, 4.69) is 31.8 Å². The molecule has 0 heterocycles. The summed E-state index contributed by atoms with van der Waals surface area (Å²) in [7, 11) is 1.59. The minimum Gasteiger partial charge on any atom is -0.497 e. The predicted molar refractivity (Wildman–Crippen MR) is 95.2 cm³/mol. The molecule has 6 nitrogen and oxygen atoms in total. The summed E-state index contributed by atoms with van der Waals surface area (Å²) in [6.07, 6.45) is 1.51. The number of hydrazone groups is 1. The van der Waals surface area contributed by atoms with Crippen LogP contribution in [0.25, 0.3) is 0 Å². The molecule has 0 aliphatic carbocycles. The van der Waals surface area contributed by atoms with Crippen LogP contribution in [0.5, 0.6) is 5.75 Å².